The van der Waals surface area contributed by atoms with Gasteiger partial charge in [-0.3, -0.25) is 4.79 Å². The molecular formula is C13H16ClNO. The normalized spacial score (nSPS) is 22.9. The van der Waals surface area contributed by atoms with Gasteiger partial charge in [-0.2, -0.15) is 0 Å². The highest BCUT2D eigenvalue weighted by Crippen LogP contribution is 2.37. The number of hydrogen-bond donors (Lipinski definition) is 1. The first-order chi connectivity index (χ1) is 7.66. The van der Waals surface area contributed by atoms with Crippen LogP contribution in [0.15, 0.2) is 24.3 Å². The number of halogens is 1. The number of hydrogen-bond acceptors (Lipinski definition) is 1. The number of carbonyl (C=O) groups is 1. The summed E-state index contributed by atoms with van der Waals surface area (Å²) in [6, 6.07) is 7.74. The SMILES string of the molecule is C[C@H]1C[C@@H]1C(=O)NCCc1ccc(Cl)cc1. The Balaban J connectivity index is 1.71. The second-order valence-electron chi connectivity index (χ2n) is 4.49. The van der Waals surface area contributed by atoms with E-state index >= 15 is 0 Å². The predicted octanol–water partition coefficient (Wildman–Crippen LogP) is 2.65. The summed E-state index contributed by atoms with van der Waals surface area (Å²) in [4.78, 5) is 11.5. The molecule has 0 saturated heterocycles. The maximum atomic E-state index is 11.5. The molecule has 1 saturated carbocycles. The predicted molar refractivity (Wildman–Crippen MR) is 65.4 cm³/mol. The summed E-state index contributed by atoms with van der Waals surface area (Å²) < 4.78 is 0. The van der Waals surface area contributed by atoms with Gasteiger partial charge in [-0.05, 0) is 36.5 Å². The average Bonchev–Trinajstić information content (AvgIpc) is 2.98. The minimum Gasteiger partial charge on any atom is -0.356 e. The first-order valence-electron chi connectivity index (χ1n) is 5.69. The molecule has 86 valence electrons. The number of amides is 1. The Kier molecular flexibility index (Phi) is 3.49. The molecule has 1 aromatic rings. The largest absolute Gasteiger partial charge is 0.356 e. The lowest BCUT2D eigenvalue weighted by molar-refractivity contribution is -0.122. The second-order valence-corrected chi connectivity index (χ2v) is 4.92. The summed E-state index contributed by atoms with van der Waals surface area (Å²) in [5.41, 5.74) is 1.20. The lowest BCUT2D eigenvalue weighted by Gasteiger charge is -2.04. The van der Waals surface area contributed by atoms with Gasteiger partial charge in [0.2, 0.25) is 5.91 Å². The van der Waals surface area contributed by atoms with E-state index in [0.29, 0.717) is 12.5 Å². The average molecular weight is 238 g/mol. The van der Waals surface area contributed by atoms with Crippen LogP contribution in [-0.4, -0.2) is 12.5 Å². The van der Waals surface area contributed by atoms with Gasteiger partial charge in [-0.1, -0.05) is 30.7 Å². The van der Waals surface area contributed by atoms with E-state index in [0.717, 1.165) is 17.9 Å². The van der Waals surface area contributed by atoms with E-state index in [2.05, 4.69) is 12.2 Å². The van der Waals surface area contributed by atoms with Gasteiger partial charge in [0.05, 0.1) is 0 Å². The first kappa shape index (κ1) is 11.5. The van der Waals surface area contributed by atoms with E-state index in [1.807, 2.05) is 24.3 Å². The molecule has 1 aliphatic rings. The molecule has 0 aromatic heterocycles. The van der Waals surface area contributed by atoms with Crippen molar-refractivity contribution >= 4 is 17.5 Å². The molecule has 1 N–H and O–H groups in total. The summed E-state index contributed by atoms with van der Waals surface area (Å²) in [6.45, 7) is 2.83. The molecule has 16 heavy (non-hydrogen) atoms. The van der Waals surface area contributed by atoms with Crippen LogP contribution in [0.3, 0.4) is 0 Å². The van der Waals surface area contributed by atoms with Gasteiger partial charge in [-0.15, -0.1) is 0 Å². The maximum absolute atomic E-state index is 11.5. The zero-order valence-electron chi connectivity index (χ0n) is 9.37. The fourth-order valence-corrected chi connectivity index (χ4v) is 1.93. The van der Waals surface area contributed by atoms with Crippen molar-refractivity contribution in [3.05, 3.63) is 34.9 Å². The lowest BCUT2D eigenvalue weighted by atomic mass is 10.1. The van der Waals surface area contributed by atoms with Crippen molar-refractivity contribution in [2.45, 2.75) is 19.8 Å². The van der Waals surface area contributed by atoms with Gasteiger partial charge in [0.25, 0.3) is 0 Å². The Hall–Kier alpha value is -1.02. The van der Waals surface area contributed by atoms with Crippen molar-refractivity contribution in [2.24, 2.45) is 11.8 Å². The topological polar surface area (TPSA) is 29.1 Å². The maximum Gasteiger partial charge on any atom is 0.223 e. The van der Waals surface area contributed by atoms with Crippen LogP contribution in [0, 0.1) is 11.8 Å². The molecule has 0 radical (unpaired) electrons. The van der Waals surface area contributed by atoms with Crippen molar-refractivity contribution in [3.63, 3.8) is 0 Å². The minimum atomic E-state index is 0.210. The summed E-state index contributed by atoms with van der Waals surface area (Å²) in [6.07, 6.45) is 1.91. The molecule has 2 atom stereocenters. The third-order valence-corrected chi connectivity index (χ3v) is 3.32. The van der Waals surface area contributed by atoms with Gasteiger partial charge in [-0.25, -0.2) is 0 Å². The highest BCUT2D eigenvalue weighted by atomic mass is 35.5. The Morgan fingerprint density at radius 1 is 1.44 bits per heavy atom. The van der Waals surface area contributed by atoms with Crippen LogP contribution in [0.1, 0.15) is 18.9 Å². The van der Waals surface area contributed by atoms with Gasteiger partial charge in [0, 0.05) is 17.5 Å². The second kappa shape index (κ2) is 4.88. The Morgan fingerprint density at radius 2 is 2.06 bits per heavy atom. The molecule has 0 unspecified atom stereocenters. The van der Waals surface area contributed by atoms with Crippen LogP contribution >= 0.6 is 11.6 Å². The molecular weight excluding hydrogens is 222 g/mol. The monoisotopic (exact) mass is 237 g/mol. The van der Waals surface area contributed by atoms with Crippen LogP contribution in [0.5, 0.6) is 0 Å². The lowest BCUT2D eigenvalue weighted by Crippen LogP contribution is -2.27. The van der Waals surface area contributed by atoms with Gasteiger partial charge in [0.1, 0.15) is 0 Å². The molecule has 0 aliphatic heterocycles. The summed E-state index contributed by atoms with van der Waals surface area (Å²) in [7, 11) is 0. The van der Waals surface area contributed by atoms with E-state index in [9.17, 15) is 4.79 Å². The van der Waals surface area contributed by atoms with Crippen LogP contribution < -0.4 is 5.32 Å². The molecule has 1 amide bonds. The fourth-order valence-electron chi connectivity index (χ4n) is 1.80. The van der Waals surface area contributed by atoms with Crippen molar-refractivity contribution in [3.8, 4) is 0 Å². The van der Waals surface area contributed by atoms with Crippen LogP contribution in [0.2, 0.25) is 5.02 Å². The van der Waals surface area contributed by atoms with Crippen molar-refractivity contribution in [1.82, 2.24) is 5.32 Å². The highest BCUT2D eigenvalue weighted by Gasteiger charge is 2.38. The molecule has 2 rings (SSSR count). The highest BCUT2D eigenvalue weighted by molar-refractivity contribution is 6.30. The molecule has 1 aromatic carbocycles. The first-order valence-corrected chi connectivity index (χ1v) is 6.07. The zero-order valence-corrected chi connectivity index (χ0v) is 10.1. The van der Waals surface area contributed by atoms with Crippen LogP contribution in [0.25, 0.3) is 0 Å². The molecule has 0 bridgehead atoms. The quantitative estimate of drug-likeness (QED) is 0.857. The number of rotatable bonds is 4. The number of benzene rings is 1. The van der Waals surface area contributed by atoms with Gasteiger partial charge >= 0.3 is 0 Å². The van der Waals surface area contributed by atoms with Crippen LogP contribution in [0.4, 0.5) is 0 Å². The van der Waals surface area contributed by atoms with E-state index < -0.39 is 0 Å². The van der Waals surface area contributed by atoms with E-state index in [-0.39, 0.29) is 11.8 Å². The van der Waals surface area contributed by atoms with Crippen molar-refractivity contribution in [2.75, 3.05) is 6.54 Å². The molecule has 1 aliphatic carbocycles. The smallest absolute Gasteiger partial charge is 0.223 e. The summed E-state index contributed by atoms with van der Waals surface area (Å²) >= 11 is 5.79. The minimum absolute atomic E-state index is 0.210. The molecule has 2 nitrogen and oxygen atoms in total. The zero-order chi connectivity index (χ0) is 11.5. The third-order valence-electron chi connectivity index (χ3n) is 3.07. The molecule has 0 heterocycles. The van der Waals surface area contributed by atoms with E-state index in [1.54, 1.807) is 0 Å². The standard InChI is InChI=1S/C13H16ClNO/c1-9-8-12(9)13(16)15-7-6-10-2-4-11(14)5-3-10/h2-5,9,12H,6-8H2,1H3,(H,15,16)/t9-,12-/m0/s1. The van der Waals surface area contributed by atoms with Gasteiger partial charge < -0.3 is 5.32 Å². The Morgan fingerprint density at radius 3 is 2.62 bits per heavy atom. The summed E-state index contributed by atoms with van der Waals surface area (Å²) in [5, 5.41) is 3.72. The number of carbonyl (C=O) groups excluding carboxylic acids is 1. The Labute approximate surface area is 101 Å². The van der Waals surface area contributed by atoms with Gasteiger partial charge in [0.15, 0.2) is 0 Å². The Bertz CT molecular complexity index is 374. The van der Waals surface area contributed by atoms with E-state index in [4.69, 9.17) is 11.6 Å². The van der Waals surface area contributed by atoms with Crippen molar-refractivity contribution in [1.29, 1.82) is 0 Å². The molecule has 0 spiro atoms. The van der Waals surface area contributed by atoms with E-state index in [1.165, 1.54) is 5.56 Å². The number of nitrogens with one attached hydrogen (secondary N) is 1. The molecule has 1 fully saturated rings. The van der Waals surface area contributed by atoms with Crippen molar-refractivity contribution < 1.29 is 4.79 Å². The fraction of sp³-hybridized carbons (Fsp3) is 0.462. The third kappa shape index (κ3) is 2.99. The molecule has 3 heteroatoms. The van der Waals surface area contributed by atoms with Crippen LogP contribution in [-0.2, 0) is 11.2 Å². The summed E-state index contributed by atoms with van der Waals surface area (Å²) in [5.74, 6) is 1.06.